The Kier molecular flexibility index (Phi) is 5.88. The number of aliphatic carboxylic acids is 1. The summed E-state index contributed by atoms with van der Waals surface area (Å²) < 4.78 is 3.08. The van der Waals surface area contributed by atoms with Crippen molar-refractivity contribution < 1.29 is 14.7 Å². The molecular formula is C20H22N4O4. The number of hydrogen-bond donors (Lipinski definition) is 2. The third kappa shape index (κ3) is 4.46. The van der Waals surface area contributed by atoms with E-state index in [1.165, 1.54) is 4.57 Å². The van der Waals surface area contributed by atoms with Crippen LogP contribution in [0.5, 0.6) is 0 Å². The molecule has 3 rings (SSSR count). The number of aromatic nitrogens is 3. The monoisotopic (exact) mass is 382 g/mol. The molecule has 0 aliphatic carbocycles. The van der Waals surface area contributed by atoms with E-state index in [1.807, 2.05) is 30.3 Å². The van der Waals surface area contributed by atoms with Crippen LogP contribution in [0.1, 0.15) is 18.9 Å². The lowest BCUT2D eigenvalue weighted by Crippen LogP contribution is -2.38. The Labute approximate surface area is 161 Å². The number of amides is 1. The van der Waals surface area contributed by atoms with Gasteiger partial charge in [0.1, 0.15) is 6.54 Å². The first kappa shape index (κ1) is 19.3. The highest BCUT2D eigenvalue weighted by molar-refractivity contribution is 5.81. The fourth-order valence-electron chi connectivity index (χ4n) is 3.21. The Balaban J connectivity index is 1.83. The average Bonchev–Trinajstić information content (AvgIpc) is 2.92. The summed E-state index contributed by atoms with van der Waals surface area (Å²) >= 11 is 0. The topological polar surface area (TPSA) is 106 Å². The molecule has 0 saturated carbocycles. The Bertz CT molecular complexity index is 1040. The summed E-state index contributed by atoms with van der Waals surface area (Å²) in [4.78, 5) is 40.0. The first-order valence-electron chi connectivity index (χ1n) is 9.04. The molecule has 3 aromatic rings. The van der Waals surface area contributed by atoms with Crippen molar-refractivity contribution in [2.45, 2.75) is 38.9 Å². The van der Waals surface area contributed by atoms with E-state index in [1.54, 1.807) is 30.0 Å². The molecule has 0 fully saturated rings. The lowest BCUT2D eigenvalue weighted by atomic mass is 10.2. The number of carbonyl (C=O) groups excluding carboxylic acids is 1. The molecule has 0 saturated heterocycles. The summed E-state index contributed by atoms with van der Waals surface area (Å²) in [6.07, 6.45) is 3.92. The Morgan fingerprint density at radius 3 is 2.39 bits per heavy atom. The van der Waals surface area contributed by atoms with Gasteiger partial charge in [-0.25, -0.2) is 4.79 Å². The molecule has 2 heterocycles. The largest absolute Gasteiger partial charge is 0.481 e. The molecule has 146 valence electrons. The lowest BCUT2D eigenvalue weighted by Gasteiger charge is -2.11. The van der Waals surface area contributed by atoms with Crippen molar-refractivity contribution in [2.24, 2.45) is 0 Å². The van der Waals surface area contributed by atoms with E-state index in [9.17, 15) is 14.4 Å². The minimum Gasteiger partial charge on any atom is -0.481 e. The summed E-state index contributed by atoms with van der Waals surface area (Å²) in [5.74, 6) is -1.38. The highest BCUT2D eigenvalue weighted by atomic mass is 16.4. The molecule has 0 bridgehead atoms. The SMILES string of the molecule is C[C@H](CC(=O)O)NC(=O)Cn1c(=O)n(CCc2ccncc2)c2ccccc21. The summed E-state index contributed by atoms with van der Waals surface area (Å²) in [5, 5.41) is 11.4. The van der Waals surface area contributed by atoms with Gasteiger partial charge in [0.25, 0.3) is 0 Å². The number of hydrogen-bond acceptors (Lipinski definition) is 4. The van der Waals surface area contributed by atoms with E-state index in [0.29, 0.717) is 18.5 Å². The molecule has 1 aromatic carbocycles. The van der Waals surface area contributed by atoms with E-state index in [4.69, 9.17) is 5.11 Å². The molecule has 0 aliphatic heterocycles. The van der Waals surface area contributed by atoms with Crippen molar-refractivity contribution in [2.75, 3.05) is 0 Å². The van der Waals surface area contributed by atoms with Gasteiger partial charge in [-0.15, -0.1) is 0 Å². The van der Waals surface area contributed by atoms with E-state index < -0.39 is 17.9 Å². The number of para-hydroxylation sites is 2. The predicted molar refractivity (Wildman–Crippen MR) is 104 cm³/mol. The molecule has 0 unspecified atom stereocenters. The van der Waals surface area contributed by atoms with Crippen LogP contribution in [0.3, 0.4) is 0 Å². The van der Waals surface area contributed by atoms with Crippen molar-refractivity contribution in [3.05, 3.63) is 64.8 Å². The maximum atomic E-state index is 12.9. The second kappa shape index (κ2) is 8.51. The second-order valence-corrected chi connectivity index (χ2v) is 6.68. The average molecular weight is 382 g/mol. The summed E-state index contributed by atoms with van der Waals surface area (Å²) in [7, 11) is 0. The first-order chi connectivity index (χ1) is 13.5. The number of carboxylic acids is 1. The Hall–Kier alpha value is -3.42. The number of nitrogens with one attached hydrogen (secondary N) is 1. The van der Waals surface area contributed by atoms with Crippen LogP contribution in [-0.4, -0.2) is 37.1 Å². The van der Waals surface area contributed by atoms with Gasteiger partial charge in [0, 0.05) is 25.0 Å². The minimum absolute atomic E-state index is 0.161. The molecule has 0 spiro atoms. The minimum atomic E-state index is -0.988. The summed E-state index contributed by atoms with van der Waals surface area (Å²) in [6, 6.07) is 10.6. The van der Waals surface area contributed by atoms with Gasteiger partial charge in [0.15, 0.2) is 0 Å². The van der Waals surface area contributed by atoms with E-state index >= 15 is 0 Å². The number of pyridine rings is 1. The van der Waals surface area contributed by atoms with Gasteiger partial charge in [0.05, 0.1) is 17.5 Å². The Morgan fingerprint density at radius 2 is 1.75 bits per heavy atom. The first-order valence-corrected chi connectivity index (χ1v) is 9.04. The normalized spacial score (nSPS) is 12.0. The second-order valence-electron chi connectivity index (χ2n) is 6.68. The van der Waals surface area contributed by atoms with Crippen molar-refractivity contribution >= 4 is 22.9 Å². The van der Waals surface area contributed by atoms with Gasteiger partial charge in [-0.3, -0.25) is 23.7 Å². The van der Waals surface area contributed by atoms with Crippen LogP contribution in [0.25, 0.3) is 11.0 Å². The predicted octanol–water partition coefficient (Wildman–Crippen LogP) is 1.42. The molecule has 28 heavy (non-hydrogen) atoms. The zero-order valence-corrected chi connectivity index (χ0v) is 15.5. The van der Waals surface area contributed by atoms with Gasteiger partial charge in [-0.05, 0) is 43.2 Å². The number of carboxylic acid groups (broad SMARTS) is 1. The summed E-state index contributed by atoms with van der Waals surface area (Å²) in [5.41, 5.74) is 2.23. The van der Waals surface area contributed by atoms with Crippen LogP contribution in [-0.2, 0) is 29.1 Å². The standard InChI is InChI=1S/C20H22N4O4/c1-14(12-19(26)27)22-18(25)13-24-17-5-3-2-4-16(17)23(20(24)28)11-8-15-6-9-21-10-7-15/h2-7,9-10,14H,8,11-13H2,1H3,(H,22,25)(H,26,27)/t14-/m1/s1. The number of carbonyl (C=O) groups is 2. The number of imidazole rings is 1. The van der Waals surface area contributed by atoms with Gasteiger partial charge < -0.3 is 10.4 Å². The van der Waals surface area contributed by atoms with E-state index in [0.717, 1.165) is 11.1 Å². The molecule has 1 atom stereocenters. The van der Waals surface area contributed by atoms with Crippen LogP contribution in [0.2, 0.25) is 0 Å². The van der Waals surface area contributed by atoms with Gasteiger partial charge >= 0.3 is 11.7 Å². The number of rotatable bonds is 8. The molecular weight excluding hydrogens is 360 g/mol. The lowest BCUT2D eigenvalue weighted by molar-refractivity contribution is -0.137. The fourth-order valence-corrected chi connectivity index (χ4v) is 3.21. The van der Waals surface area contributed by atoms with E-state index in [-0.39, 0.29) is 18.7 Å². The van der Waals surface area contributed by atoms with Gasteiger partial charge in [-0.1, -0.05) is 12.1 Å². The molecule has 8 heteroatoms. The van der Waals surface area contributed by atoms with Crippen molar-refractivity contribution in [1.29, 1.82) is 0 Å². The van der Waals surface area contributed by atoms with Crippen molar-refractivity contribution in [3.63, 3.8) is 0 Å². The number of nitrogens with zero attached hydrogens (tertiary/aromatic N) is 3. The maximum absolute atomic E-state index is 12.9. The molecule has 8 nitrogen and oxygen atoms in total. The molecule has 1 amide bonds. The van der Waals surface area contributed by atoms with Crippen LogP contribution in [0.4, 0.5) is 0 Å². The van der Waals surface area contributed by atoms with Crippen molar-refractivity contribution in [3.8, 4) is 0 Å². The smallest absolute Gasteiger partial charge is 0.329 e. The highest BCUT2D eigenvalue weighted by Gasteiger charge is 2.17. The zero-order chi connectivity index (χ0) is 20.1. The summed E-state index contributed by atoms with van der Waals surface area (Å²) in [6.45, 7) is 1.94. The van der Waals surface area contributed by atoms with Crippen LogP contribution in [0, 0.1) is 0 Å². The molecule has 2 aromatic heterocycles. The maximum Gasteiger partial charge on any atom is 0.329 e. The Morgan fingerprint density at radius 1 is 1.11 bits per heavy atom. The highest BCUT2D eigenvalue weighted by Crippen LogP contribution is 2.13. The molecule has 0 radical (unpaired) electrons. The van der Waals surface area contributed by atoms with Crippen LogP contribution in [0.15, 0.2) is 53.6 Å². The number of fused-ring (bicyclic) bond motifs is 1. The molecule has 0 aliphatic rings. The number of benzene rings is 1. The third-order valence-electron chi connectivity index (χ3n) is 4.49. The molecule has 2 N–H and O–H groups in total. The van der Waals surface area contributed by atoms with E-state index in [2.05, 4.69) is 10.3 Å². The quantitative estimate of drug-likeness (QED) is 0.613. The van der Waals surface area contributed by atoms with Crippen molar-refractivity contribution in [1.82, 2.24) is 19.4 Å². The number of aryl methyl sites for hydroxylation is 2. The zero-order valence-electron chi connectivity index (χ0n) is 15.5. The van der Waals surface area contributed by atoms with Gasteiger partial charge in [0.2, 0.25) is 5.91 Å². The van der Waals surface area contributed by atoms with Crippen LogP contribution >= 0.6 is 0 Å². The van der Waals surface area contributed by atoms with Crippen LogP contribution < -0.4 is 11.0 Å². The fraction of sp³-hybridized carbons (Fsp3) is 0.300. The third-order valence-corrected chi connectivity index (χ3v) is 4.49. The van der Waals surface area contributed by atoms with Gasteiger partial charge in [-0.2, -0.15) is 0 Å².